The highest BCUT2D eigenvalue weighted by atomic mass is 32.2. The number of hydrogen-bond acceptors (Lipinski definition) is 5. The second-order valence-corrected chi connectivity index (χ2v) is 6.18. The van der Waals surface area contributed by atoms with Crippen LogP contribution in [0.2, 0.25) is 0 Å². The SMILES string of the molecule is CNC(=O)C=C1CSC2=C(C(=O)OCC(C)C)CCN12. The molecule has 1 amide bonds. The van der Waals surface area contributed by atoms with Gasteiger partial charge < -0.3 is 15.0 Å². The number of hydrogen-bond donors (Lipinski definition) is 1. The van der Waals surface area contributed by atoms with Crippen molar-refractivity contribution in [2.24, 2.45) is 5.92 Å². The molecule has 0 saturated carbocycles. The van der Waals surface area contributed by atoms with Crippen molar-refractivity contribution in [2.75, 3.05) is 26.0 Å². The van der Waals surface area contributed by atoms with Crippen LogP contribution in [-0.4, -0.2) is 42.7 Å². The number of amides is 1. The molecule has 0 spiro atoms. The van der Waals surface area contributed by atoms with Crippen LogP contribution < -0.4 is 5.32 Å². The summed E-state index contributed by atoms with van der Waals surface area (Å²) in [7, 11) is 1.61. The molecule has 6 heteroatoms. The topological polar surface area (TPSA) is 58.6 Å². The van der Waals surface area contributed by atoms with E-state index in [4.69, 9.17) is 4.74 Å². The van der Waals surface area contributed by atoms with Gasteiger partial charge in [-0.05, 0) is 5.92 Å². The number of carbonyl (C=O) groups is 2. The molecule has 0 aromatic carbocycles. The molecule has 1 N–H and O–H groups in total. The average molecular weight is 296 g/mol. The average Bonchev–Trinajstić information content (AvgIpc) is 2.98. The van der Waals surface area contributed by atoms with Crippen molar-refractivity contribution in [3.05, 3.63) is 22.4 Å². The van der Waals surface area contributed by atoms with Gasteiger partial charge >= 0.3 is 5.97 Å². The largest absolute Gasteiger partial charge is 0.462 e. The van der Waals surface area contributed by atoms with E-state index in [0.717, 1.165) is 28.6 Å². The number of nitrogens with zero attached hydrogens (tertiary/aromatic N) is 1. The number of nitrogens with one attached hydrogen (secondary N) is 1. The monoisotopic (exact) mass is 296 g/mol. The normalized spacial score (nSPS) is 19.8. The Labute approximate surface area is 123 Å². The summed E-state index contributed by atoms with van der Waals surface area (Å²) in [6, 6.07) is 0. The highest BCUT2D eigenvalue weighted by molar-refractivity contribution is 8.03. The van der Waals surface area contributed by atoms with Gasteiger partial charge in [0.05, 0.1) is 17.2 Å². The molecule has 1 saturated heterocycles. The third-order valence-corrected chi connectivity index (χ3v) is 4.31. The van der Waals surface area contributed by atoms with E-state index in [0.29, 0.717) is 18.9 Å². The molecule has 20 heavy (non-hydrogen) atoms. The molecule has 2 aliphatic rings. The first-order valence-electron chi connectivity index (χ1n) is 6.75. The molecule has 0 aromatic rings. The van der Waals surface area contributed by atoms with Gasteiger partial charge in [0, 0.05) is 37.5 Å². The van der Waals surface area contributed by atoms with Crippen molar-refractivity contribution < 1.29 is 14.3 Å². The Morgan fingerprint density at radius 2 is 2.25 bits per heavy atom. The smallest absolute Gasteiger partial charge is 0.336 e. The summed E-state index contributed by atoms with van der Waals surface area (Å²) in [6.45, 7) is 5.22. The zero-order chi connectivity index (χ0) is 14.7. The minimum atomic E-state index is -0.218. The maximum atomic E-state index is 12.1. The van der Waals surface area contributed by atoms with E-state index in [1.165, 1.54) is 0 Å². The Balaban J connectivity index is 2.09. The van der Waals surface area contributed by atoms with E-state index in [-0.39, 0.29) is 11.9 Å². The lowest BCUT2D eigenvalue weighted by molar-refractivity contribution is -0.140. The van der Waals surface area contributed by atoms with Crippen LogP contribution in [0.15, 0.2) is 22.4 Å². The standard InChI is InChI=1S/C14H20N2O3S/c1-9(2)7-19-14(18)11-4-5-16-10(6-12(17)15-3)8-20-13(11)16/h6,9H,4-5,7-8H2,1-3H3,(H,15,17). The fraction of sp³-hybridized carbons (Fsp3) is 0.571. The lowest BCUT2D eigenvalue weighted by Gasteiger charge is -2.14. The molecular formula is C14H20N2O3S. The van der Waals surface area contributed by atoms with Crippen molar-refractivity contribution in [2.45, 2.75) is 20.3 Å². The molecule has 110 valence electrons. The van der Waals surface area contributed by atoms with E-state index in [1.807, 2.05) is 18.7 Å². The summed E-state index contributed by atoms with van der Waals surface area (Å²) in [6.07, 6.45) is 2.28. The Kier molecular flexibility index (Phi) is 4.75. The molecule has 0 unspecified atom stereocenters. The molecule has 5 nitrogen and oxygen atoms in total. The van der Waals surface area contributed by atoms with Crippen LogP contribution in [0.3, 0.4) is 0 Å². The number of thioether (sulfide) groups is 1. The van der Waals surface area contributed by atoms with Gasteiger partial charge in [0.1, 0.15) is 0 Å². The zero-order valence-electron chi connectivity index (χ0n) is 12.1. The zero-order valence-corrected chi connectivity index (χ0v) is 12.9. The first-order chi connectivity index (χ1) is 9.52. The molecule has 2 rings (SSSR count). The lowest BCUT2D eigenvalue weighted by atomic mass is 10.2. The van der Waals surface area contributed by atoms with Gasteiger partial charge in [-0.15, -0.1) is 11.8 Å². The van der Waals surface area contributed by atoms with Crippen LogP contribution in [0.5, 0.6) is 0 Å². The Hall–Kier alpha value is -1.43. The van der Waals surface area contributed by atoms with Gasteiger partial charge in [-0.1, -0.05) is 13.8 Å². The summed E-state index contributed by atoms with van der Waals surface area (Å²) in [4.78, 5) is 25.5. The molecule has 1 fully saturated rings. The third kappa shape index (κ3) is 3.17. The van der Waals surface area contributed by atoms with Crippen molar-refractivity contribution in [3.63, 3.8) is 0 Å². The quantitative estimate of drug-likeness (QED) is 0.629. The lowest BCUT2D eigenvalue weighted by Crippen LogP contribution is -2.19. The number of ether oxygens (including phenoxy) is 1. The molecule has 0 aromatic heterocycles. The fourth-order valence-corrected chi connectivity index (χ4v) is 3.36. The van der Waals surface area contributed by atoms with Crippen molar-refractivity contribution >= 4 is 23.6 Å². The predicted octanol–water partition coefficient (Wildman–Crippen LogP) is 1.48. The van der Waals surface area contributed by atoms with Gasteiger partial charge in [0.25, 0.3) is 0 Å². The molecule has 2 heterocycles. The van der Waals surface area contributed by atoms with Gasteiger partial charge in [-0.25, -0.2) is 4.79 Å². The van der Waals surface area contributed by atoms with Crippen LogP contribution in [-0.2, 0) is 14.3 Å². The summed E-state index contributed by atoms with van der Waals surface area (Å²) in [5.41, 5.74) is 1.70. The molecule has 0 bridgehead atoms. The summed E-state index contributed by atoms with van der Waals surface area (Å²) in [5, 5.41) is 3.53. The van der Waals surface area contributed by atoms with E-state index < -0.39 is 0 Å². The predicted molar refractivity (Wildman–Crippen MR) is 78.8 cm³/mol. The van der Waals surface area contributed by atoms with Crippen LogP contribution in [0.25, 0.3) is 0 Å². The fourth-order valence-electron chi connectivity index (χ4n) is 2.12. The number of carbonyl (C=O) groups excluding carboxylic acids is 2. The van der Waals surface area contributed by atoms with Crippen molar-refractivity contribution in [3.8, 4) is 0 Å². The summed E-state index contributed by atoms with van der Waals surface area (Å²) >= 11 is 1.60. The second kappa shape index (κ2) is 6.35. The molecule has 0 aliphatic carbocycles. The van der Waals surface area contributed by atoms with E-state index in [1.54, 1.807) is 24.9 Å². The van der Waals surface area contributed by atoms with Crippen LogP contribution in [0, 0.1) is 5.92 Å². The second-order valence-electron chi connectivity index (χ2n) is 5.22. The maximum Gasteiger partial charge on any atom is 0.336 e. The van der Waals surface area contributed by atoms with Crippen LogP contribution in [0.1, 0.15) is 20.3 Å². The molecule has 0 atom stereocenters. The minimum absolute atomic E-state index is 0.113. The van der Waals surface area contributed by atoms with Gasteiger partial charge in [-0.2, -0.15) is 0 Å². The first-order valence-corrected chi connectivity index (χ1v) is 7.74. The highest BCUT2D eigenvalue weighted by Gasteiger charge is 2.35. The van der Waals surface area contributed by atoms with Crippen LogP contribution >= 0.6 is 11.8 Å². The van der Waals surface area contributed by atoms with E-state index >= 15 is 0 Å². The van der Waals surface area contributed by atoms with Gasteiger partial charge in [-0.3, -0.25) is 4.79 Å². The molecular weight excluding hydrogens is 276 g/mol. The highest BCUT2D eigenvalue weighted by Crippen LogP contribution is 2.42. The summed E-state index contributed by atoms with van der Waals surface area (Å²) in [5.74, 6) is 0.730. The minimum Gasteiger partial charge on any atom is -0.462 e. The van der Waals surface area contributed by atoms with Crippen LogP contribution in [0.4, 0.5) is 0 Å². The Morgan fingerprint density at radius 1 is 1.50 bits per heavy atom. The van der Waals surface area contributed by atoms with Gasteiger partial charge in [0.2, 0.25) is 5.91 Å². The van der Waals surface area contributed by atoms with E-state index in [9.17, 15) is 9.59 Å². The number of esters is 1. The number of fused-ring (bicyclic) bond motifs is 1. The Bertz CT molecular complexity index is 483. The van der Waals surface area contributed by atoms with Crippen molar-refractivity contribution in [1.29, 1.82) is 0 Å². The van der Waals surface area contributed by atoms with Crippen molar-refractivity contribution in [1.82, 2.24) is 10.2 Å². The number of likely N-dealkylation sites (N-methyl/N-ethyl adjacent to an activating group) is 1. The van der Waals surface area contributed by atoms with E-state index in [2.05, 4.69) is 5.32 Å². The molecule has 0 radical (unpaired) electrons. The first kappa shape index (κ1) is 15.0. The molecule has 2 aliphatic heterocycles. The third-order valence-electron chi connectivity index (χ3n) is 3.13. The number of rotatable bonds is 4. The summed E-state index contributed by atoms with van der Waals surface area (Å²) < 4.78 is 5.30. The van der Waals surface area contributed by atoms with Gasteiger partial charge in [0.15, 0.2) is 0 Å². The maximum absolute atomic E-state index is 12.1. The Morgan fingerprint density at radius 3 is 2.90 bits per heavy atom.